The first-order valence-corrected chi connectivity index (χ1v) is 5.05. The van der Waals surface area contributed by atoms with Crippen LogP contribution in [0.25, 0.3) is 0 Å². The topological polar surface area (TPSA) is 76.9 Å². The Kier molecular flexibility index (Phi) is 4.60. The molecule has 1 aromatic rings. The Labute approximate surface area is 95.7 Å². The first-order chi connectivity index (χ1) is 7.58. The lowest BCUT2D eigenvalue weighted by Gasteiger charge is -2.11. The van der Waals surface area contributed by atoms with Crippen molar-refractivity contribution in [1.82, 2.24) is 4.90 Å². The van der Waals surface area contributed by atoms with Crippen molar-refractivity contribution in [3.8, 4) is 5.75 Å². The lowest BCUT2D eigenvalue weighted by atomic mass is 10.3. The minimum absolute atomic E-state index is 0.0467. The van der Waals surface area contributed by atoms with Crippen molar-refractivity contribution >= 4 is 11.6 Å². The minimum Gasteiger partial charge on any atom is -0.492 e. The van der Waals surface area contributed by atoms with Gasteiger partial charge in [-0.15, -0.1) is 0 Å². The Bertz CT molecular complexity index is 359. The Morgan fingerprint density at radius 2 is 2.12 bits per heavy atom. The maximum absolute atomic E-state index is 5.55. The van der Waals surface area contributed by atoms with Crippen LogP contribution in [0.1, 0.15) is 0 Å². The average Bonchev–Trinajstić information content (AvgIpc) is 2.16. The summed E-state index contributed by atoms with van der Waals surface area (Å²) in [7, 11) is 4.00. The van der Waals surface area contributed by atoms with E-state index in [-0.39, 0.29) is 5.96 Å². The molecule has 0 unspecified atom stereocenters. The summed E-state index contributed by atoms with van der Waals surface area (Å²) >= 11 is 0. The molecule has 1 rings (SSSR count). The zero-order chi connectivity index (χ0) is 12.0. The van der Waals surface area contributed by atoms with Gasteiger partial charge in [0.15, 0.2) is 5.96 Å². The Balaban J connectivity index is 2.57. The van der Waals surface area contributed by atoms with Gasteiger partial charge in [0.25, 0.3) is 0 Å². The van der Waals surface area contributed by atoms with Gasteiger partial charge < -0.3 is 21.1 Å². The minimum atomic E-state index is 0.0467. The third-order valence-corrected chi connectivity index (χ3v) is 1.88. The van der Waals surface area contributed by atoms with Gasteiger partial charge >= 0.3 is 0 Å². The number of rotatable bonds is 5. The van der Waals surface area contributed by atoms with Gasteiger partial charge in [0.1, 0.15) is 12.4 Å². The number of benzene rings is 1. The molecule has 0 aromatic heterocycles. The summed E-state index contributed by atoms with van der Waals surface area (Å²) in [5.74, 6) is 0.815. The van der Waals surface area contributed by atoms with Crippen LogP contribution in [0.2, 0.25) is 0 Å². The molecule has 1 aromatic carbocycles. The second-order valence-electron chi connectivity index (χ2n) is 3.69. The van der Waals surface area contributed by atoms with Crippen LogP contribution in [-0.4, -0.2) is 38.1 Å². The second-order valence-corrected chi connectivity index (χ2v) is 3.69. The molecule has 0 bridgehead atoms. The summed E-state index contributed by atoms with van der Waals surface area (Å²) in [6.45, 7) is 1.50. The van der Waals surface area contributed by atoms with E-state index in [0.717, 1.165) is 12.3 Å². The molecule has 0 aliphatic rings. The van der Waals surface area contributed by atoms with Gasteiger partial charge in [-0.2, -0.15) is 0 Å². The summed E-state index contributed by atoms with van der Waals surface area (Å²) in [5.41, 5.74) is 11.3. The van der Waals surface area contributed by atoms with Crippen LogP contribution in [0.15, 0.2) is 29.3 Å². The van der Waals surface area contributed by atoms with Gasteiger partial charge in [0, 0.05) is 12.6 Å². The van der Waals surface area contributed by atoms with Crippen molar-refractivity contribution in [2.75, 3.05) is 27.2 Å². The van der Waals surface area contributed by atoms with E-state index < -0.39 is 0 Å². The van der Waals surface area contributed by atoms with E-state index >= 15 is 0 Å². The fraction of sp³-hybridized carbons (Fsp3) is 0.364. The van der Waals surface area contributed by atoms with Crippen LogP contribution < -0.4 is 16.2 Å². The summed E-state index contributed by atoms with van der Waals surface area (Å²) in [6.07, 6.45) is 0. The van der Waals surface area contributed by atoms with Crippen LogP contribution in [0.5, 0.6) is 5.75 Å². The van der Waals surface area contributed by atoms with Crippen molar-refractivity contribution < 1.29 is 4.74 Å². The number of hydrogen-bond donors (Lipinski definition) is 2. The zero-order valence-electron chi connectivity index (χ0n) is 9.68. The Morgan fingerprint density at radius 1 is 1.38 bits per heavy atom. The van der Waals surface area contributed by atoms with Crippen LogP contribution in [-0.2, 0) is 0 Å². The molecule has 0 spiro atoms. The van der Waals surface area contributed by atoms with E-state index in [1.54, 1.807) is 6.07 Å². The highest BCUT2D eigenvalue weighted by Crippen LogP contribution is 2.19. The number of aliphatic imine (C=N–C) groups is 1. The largest absolute Gasteiger partial charge is 0.492 e. The molecule has 0 saturated carbocycles. The molecular weight excluding hydrogens is 204 g/mol. The van der Waals surface area contributed by atoms with Gasteiger partial charge in [-0.3, -0.25) is 0 Å². The fourth-order valence-corrected chi connectivity index (χ4v) is 1.14. The third kappa shape index (κ3) is 4.65. The lowest BCUT2D eigenvalue weighted by molar-refractivity contribution is 0.261. The van der Waals surface area contributed by atoms with Gasteiger partial charge in [0.2, 0.25) is 0 Å². The monoisotopic (exact) mass is 222 g/mol. The third-order valence-electron chi connectivity index (χ3n) is 1.88. The van der Waals surface area contributed by atoms with E-state index in [2.05, 4.69) is 9.89 Å². The smallest absolute Gasteiger partial charge is 0.191 e. The lowest BCUT2D eigenvalue weighted by Crippen LogP contribution is -2.21. The quantitative estimate of drug-likeness (QED) is 0.563. The van der Waals surface area contributed by atoms with Crippen molar-refractivity contribution in [3.05, 3.63) is 24.3 Å². The fourth-order valence-electron chi connectivity index (χ4n) is 1.14. The van der Waals surface area contributed by atoms with Gasteiger partial charge in [-0.05, 0) is 26.2 Å². The van der Waals surface area contributed by atoms with Crippen molar-refractivity contribution in [1.29, 1.82) is 0 Å². The van der Waals surface area contributed by atoms with E-state index in [1.807, 2.05) is 32.3 Å². The first-order valence-electron chi connectivity index (χ1n) is 5.05. The number of nitrogens with zero attached hydrogens (tertiary/aromatic N) is 2. The van der Waals surface area contributed by atoms with E-state index in [1.165, 1.54) is 0 Å². The number of guanidine groups is 1. The van der Waals surface area contributed by atoms with Crippen molar-refractivity contribution in [2.24, 2.45) is 16.5 Å². The van der Waals surface area contributed by atoms with Gasteiger partial charge in [-0.1, -0.05) is 6.07 Å². The molecule has 0 atom stereocenters. The molecule has 88 valence electrons. The molecule has 16 heavy (non-hydrogen) atoms. The van der Waals surface area contributed by atoms with Crippen molar-refractivity contribution in [3.63, 3.8) is 0 Å². The van der Waals surface area contributed by atoms with Crippen LogP contribution in [0.4, 0.5) is 5.69 Å². The standard InChI is InChI=1S/C11H18N4O/c1-15(2)6-7-16-10-5-3-4-9(8-10)14-11(12)13/h3-5,8H,6-7H2,1-2H3,(H4,12,13,14). The summed E-state index contributed by atoms with van der Waals surface area (Å²) in [5, 5.41) is 0. The molecule has 0 aliphatic carbocycles. The molecular formula is C11H18N4O. The number of nitrogens with two attached hydrogens (primary N) is 2. The highest BCUT2D eigenvalue weighted by atomic mass is 16.5. The number of likely N-dealkylation sites (N-methyl/N-ethyl adjacent to an activating group) is 1. The Morgan fingerprint density at radius 3 is 2.75 bits per heavy atom. The maximum atomic E-state index is 5.55. The average molecular weight is 222 g/mol. The molecule has 0 fully saturated rings. The summed E-state index contributed by atoms with van der Waals surface area (Å²) in [6, 6.07) is 7.35. The predicted octanol–water partition coefficient (Wildman–Crippen LogP) is 0.532. The number of hydrogen-bond acceptors (Lipinski definition) is 3. The van der Waals surface area contributed by atoms with E-state index in [4.69, 9.17) is 16.2 Å². The normalized spacial score (nSPS) is 10.2. The van der Waals surface area contributed by atoms with E-state index in [0.29, 0.717) is 12.3 Å². The van der Waals surface area contributed by atoms with Gasteiger partial charge in [0.05, 0.1) is 5.69 Å². The van der Waals surface area contributed by atoms with E-state index in [9.17, 15) is 0 Å². The second kappa shape index (κ2) is 5.97. The molecule has 5 heteroatoms. The van der Waals surface area contributed by atoms with Crippen LogP contribution in [0.3, 0.4) is 0 Å². The maximum Gasteiger partial charge on any atom is 0.191 e. The van der Waals surface area contributed by atoms with Gasteiger partial charge in [-0.25, -0.2) is 4.99 Å². The molecule has 0 radical (unpaired) electrons. The number of ether oxygens (including phenoxy) is 1. The summed E-state index contributed by atoms with van der Waals surface area (Å²) in [4.78, 5) is 6.00. The van der Waals surface area contributed by atoms with Crippen LogP contribution in [0, 0.1) is 0 Å². The molecule has 0 amide bonds. The highest BCUT2D eigenvalue weighted by molar-refractivity contribution is 5.79. The first kappa shape index (κ1) is 12.3. The molecule has 0 saturated heterocycles. The molecule has 5 nitrogen and oxygen atoms in total. The Hall–Kier alpha value is -1.75. The summed E-state index contributed by atoms with van der Waals surface area (Å²) < 4.78 is 5.55. The zero-order valence-corrected chi connectivity index (χ0v) is 9.68. The SMILES string of the molecule is CN(C)CCOc1cccc(N=C(N)N)c1. The predicted molar refractivity (Wildman–Crippen MR) is 66.0 cm³/mol. The molecule has 0 aliphatic heterocycles. The molecule has 0 heterocycles. The van der Waals surface area contributed by atoms with Crippen LogP contribution >= 0.6 is 0 Å². The molecule has 4 N–H and O–H groups in total. The highest BCUT2D eigenvalue weighted by Gasteiger charge is 1.97. The van der Waals surface area contributed by atoms with Crippen molar-refractivity contribution in [2.45, 2.75) is 0 Å².